The number of carbonyl (C=O) groups excluding carboxylic acids is 1. The summed E-state index contributed by atoms with van der Waals surface area (Å²) in [5.74, 6) is 1.15. The van der Waals surface area contributed by atoms with Crippen molar-refractivity contribution in [2.24, 2.45) is 7.05 Å². The van der Waals surface area contributed by atoms with Crippen molar-refractivity contribution in [1.82, 2.24) is 19.8 Å². The van der Waals surface area contributed by atoms with E-state index >= 15 is 0 Å². The van der Waals surface area contributed by atoms with E-state index in [2.05, 4.69) is 10.3 Å². The second-order valence-electron chi connectivity index (χ2n) is 6.27. The number of hydrogen-bond donors (Lipinski definition) is 0. The molecule has 0 fully saturated rings. The molecule has 1 aromatic carbocycles. The zero-order valence-electron chi connectivity index (χ0n) is 15.4. The van der Waals surface area contributed by atoms with Crippen LogP contribution in [0.3, 0.4) is 0 Å². The standard InChI is InChI=1S/C19H22N4O3/c1-13-17(14(2)26-21-13)12-25-18-8-6-5-7-16(18)19(24)22(3)10-15-9-20-23(4)11-15/h5-9,11H,10,12H2,1-4H3. The van der Waals surface area contributed by atoms with Gasteiger partial charge in [-0.05, 0) is 26.0 Å². The van der Waals surface area contributed by atoms with Gasteiger partial charge >= 0.3 is 0 Å². The van der Waals surface area contributed by atoms with E-state index in [-0.39, 0.29) is 5.91 Å². The molecule has 0 atom stereocenters. The molecule has 0 bridgehead atoms. The molecule has 3 rings (SSSR count). The summed E-state index contributed by atoms with van der Waals surface area (Å²) in [5.41, 5.74) is 3.18. The lowest BCUT2D eigenvalue weighted by atomic mass is 10.1. The van der Waals surface area contributed by atoms with E-state index < -0.39 is 0 Å². The van der Waals surface area contributed by atoms with Gasteiger partial charge in [0.2, 0.25) is 0 Å². The smallest absolute Gasteiger partial charge is 0.257 e. The molecule has 0 aliphatic carbocycles. The van der Waals surface area contributed by atoms with Crippen molar-refractivity contribution in [1.29, 1.82) is 0 Å². The Balaban J connectivity index is 1.74. The highest BCUT2D eigenvalue weighted by molar-refractivity contribution is 5.96. The highest BCUT2D eigenvalue weighted by atomic mass is 16.5. The summed E-state index contributed by atoms with van der Waals surface area (Å²) >= 11 is 0. The first-order chi connectivity index (χ1) is 12.5. The molecular formula is C19H22N4O3. The number of benzene rings is 1. The van der Waals surface area contributed by atoms with Crippen molar-refractivity contribution in [2.45, 2.75) is 27.0 Å². The van der Waals surface area contributed by atoms with Crippen LogP contribution in [0, 0.1) is 13.8 Å². The van der Waals surface area contributed by atoms with Gasteiger partial charge in [0.05, 0.1) is 23.0 Å². The summed E-state index contributed by atoms with van der Waals surface area (Å²) in [6, 6.07) is 7.24. The Hall–Kier alpha value is -3.09. The Bertz CT molecular complexity index is 894. The third-order valence-electron chi connectivity index (χ3n) is 4.20. The highest BCUT2D eigenvalue weighted by Crippen LogP contribution is 2.23. The van der Waals surface area contributed by atoms with Gasteiger partial charge in [-0.15, -0.1) is 0 Å². The van der Waals surface area contributed by atoms with Gasteiger partial charge in [-0.1, -0.05) is 17.3 Å². The minimum Gasteiger partial charge on any atom is -0.488 e. The Morgan fingerprint density at radius 3 is 2.73 bits per heavy atom. The molecule has 2 aromatic heterocycles. The van der Waals surface area contributed by atoms with E-state index in [9.17, 15) is 4.79 Å². The predicted molar refractivity (Wildman–Crippen MR) is 95.8 cm³/mol. The summed E-state index contributed by atoms with van der Waals surface area (Å²) in [6.07, 6.45) is 3.65. The normalized spacial score (nSPS) is 10.8. The minimum absolute atomic E-state index is 0.108. The molecule has 0 aliphatic rings. The van der Waals surface area contributed by atoms with Gasteiger partial charge in [0.1, 0.15) is 18.1 Å². The van der Waals surface area contributed by atoms with Crippen molar-refractivity contribution < 1.29 is 14.1 Å². The van der Waals surface area contributed by atoms with Crippen LogP contribution >= 0.6 is 0 Å². The van der Waals surface area contributed by atoms with Crippen LogP contribution < -0.4 is 4.74 Å². The summed E-state index contributed by atoms with van der Waals surface area (Å²) in [4.78, 5) is 14.5. The lowest BCUT2D eigenvalue weighted by molar-refractivity contribution is 0.0780. The molecule has 1 amide bonds. The van der Waals surface area contributed by atoms with Gasteiger partial charge in [-0.3, -0.25) is 9.48 Å². The zero-order valence-corrected chi connectivity index (χ0v) is 15.4. The van der Waals surface area contributed by atoms with Crippen LogP contribution in [-0.4, -0.2) is 32.8 Å². The maximum atomic E-state index is 12.9. The molecule has 0 saturated heterocycles. The number of para-hydroxylation sites is 1. The molecular weight excluding hydrogens is 332 g/mol. The van der Waals surface area contributed by atoms with Crippen LogP contribution in [0.5, 0.6) is 5.75 Å². The van der Waals surface area contributed by atoms with E-state index in [1.165, 1.54) is 0 Å². The lowest BCUT2D eigenvalue weighted by Crippen LogP contribution is -2.26. The maximum Gasteiger partial charge on any atom is 0.257 e. The Labute approximate surface area is 152 Å². The van der Waals surface area contributed by atoms with Crippen molar-refractivity contribution in [2.75, 3.05) is 7.05 Å². The third-order valence-corrected chi connectivity index (χ3v) is 4.20. The Kier molecular flexibility index (Phi) is 5.06. The van der Waals surface area contributed by atoms with Crippen molar-refractivity contribution in [3.63, 3.8) is 0 Å². The fourth-order valence-corrected chi connectivity index (χ4v) is 2.73. The second kappa shape index (κ2) is 7.43. The fourth-order valence-electron chi connectivity index (χ4n) is 2.73. The van der Waals surface area contributed by atoms with Gasteiger partial charge in [-0.25, -0.2) is 0 Å². The number of amides is 1. The number of ether oxygens (including phenoxy) is 1. The molecule has 0 N–H and O–H groups in total. The molecule has 26 heavy (non-hydrogen) atoms. The zero-order chi connectivity index (χ0) is 18.7. The van der Waals surface area contributed by atoms with Gasteiger partial charge in [0.25, 0.3) is 5.91 Å². The van der Waals surface area contributed by atoms with Crippen LogP contribution in [0.4, 0.5) is 0 Å². The summed E-state index contributed by atoms with van der Waals surface area (Å²) < 4.78 is 12.8. The van der Waals surface area contributed by atoms with Crippen LogP contribution in [0.25, 0.3) is 0 Å². The van der Waals surface area contributed by atoms with Gasteiger partial charge in [-0.2, -0.15) is 5.10 Å². The molecule has 136 valence electrons. The average Bonchev–Trinajstić information content (AvgIpc) is 3.18. The molecule has 7 nitrogen and oxygen atoms in total. The summed E-state index contributed by atoms with van der Waals surface area (Å²) in [5, 5.41) is 8.06. The van der Waals surface area contributed by atoms with Crippen LogP contribution in [0.1, 0.15) is 32.9 Å². The predicted octanol–water partition coefficient (Wildman–Crippen LogP) is 2.88. The van der Waals surface area contributed by atoms with E-state index in [1.54, 1.807) is 35.0 Å². The van der Waals surface area contributed by atoms with Gasteiger partial charge in [0, 0.05) is 32.4 Å². The molecule has 3 aromatic rings. The molecule has 0 spiro atoms. The number of hydrogen-bond acceptors (Lipinski definition) is 5. The molecule has 0 aliphatic heterocycles. The monoisotopic (exact) mass is 354 g/mol. The molecule has 2 heterocycles. The first-order valence-corrected chi connectivity index (χ1v) is 8.32. The third kappa shape index (κ3) is 3.77. The number of rotatable bonds is 6. The molecule has 0 saturated carbocycles. The second-order valence-corrected chi connectivity index (χ2v) is 6.27. The highest BCUT2D eigenvalue weighted by Gasteiger charge is 2.18. The SMILES string of the molecule is Cc1noc(C)c1COc1ccccc1C(=O)N(C)Cc1cnn(C)c1. The summed E-state index contributed by atoms with van der Waals surface area (Å²) in [6.45, 7) is 4.49. The quantitative estimate of drug-likeness (QED) is 0.680. The van der Waals surface area contributed by atoms with E-state index in [4.69, 9.17) is 9.26 Å². The van der Waals surface area contributed by atoms with E-state index in [0.717, 1.165) is 22.6 Å². The number of aromatic nitrogens is 3. The Morgan fingerprint density at radius 1 is 1.31 bits per heavy atom. The van der Waals surface area contributed by atoms with Crippen molar-refractivity contribution in [3.05, 3.63) is 64.8 Å². The number of carbonyl (C=O) groups is 1. The summed E-state index contributed by atoms with van der Waals surface area (Å²) in [7, 11) is 3.61. The molecule has 0 radical (unpaired) electrons. The molecule has 7 heteroatoms. The topological polar surface area (TPSA) is 73.4 Å². The van der Waals surface area contributed by atoms with Crippen LogP contribution in [0.15, 0.2) is 41.2 Å². The minimum atomic E-state index is -0.108. The Morgan fingerprint density at radius 2 is 2.08 bits per heavy atom. The van der Waals surface area contributed by atoms with E-state index in [1.807, 2.05) is 39.2 Å². The lowest BCUT2D eigenvalue weighted by Gasteiger charge is -2.18. The fraction of sp³-hybridized carbons (Fsp3) is 0.316. The average molecular weight is 354 g/mol. The number of aryl methyl sites for hydroxylation is 3. The first-order valence-electron chi connectivity index (χ1n) is 8.32. The van der Waals surface area contributed by atoms with Crippen LogP contribution in [-0.2, 0) is 20.2 Å². The van der Waals surface area contributed by atoms with Gasteiger partial charge < -0.3 is 14.2 Å². The van der Waals surface area contributed by atoms with Crippen molar-refractivity contribution in [3.8, 4) is 5.75 Å². The van der Waals surface area contributed by atoms with Crippen LogP contribution in [0.2, 0.25) is 0 Å². The largest absolute Gasteiger partial charge is 0.488 e. The maximum absolute atomic E-state index is 12.9. The molecule has 0 unspecified atom stereocenters. The van der Waals surface area contributed by atoms with Gasteiger partial charge in [0.15, 0.2) is 0 Å². The number of nitrogens with zero attached hydrogens (tertiary/aromatic N) is 4. The van der Waals surface area contributed by atoms with Crippen molar-refractivity contribution >= 4 is 5.91 Å². The van der Waals surface area contributed by atoms with E-state index in [0.29, 0.717) is 24.5 Å². The first kappa shape index (κ1) is 17.7.